The van der Waals surface area contributed by atoms with E-state index in [9.17, 15) is 0 Å². The number of rotatable bonds is 4. The second-order valence-electron chi connectivity index (χ2n) is 6.04. The van der Waals surface area contributed by atoms with Crippen LogP contribution < -0.4 is 5.32 Å². The third-order valence-corrected chi connectivity index (χ3v) is 4.68. The van der Waals surface area contributed by atoms with Crippen molar-refractivity contribution in [3.8, 4) is 0 Å². The number of hydrogen-bond donors (Lipinski definition) is 1. The Balaban J connectivity index is 1.48. The molecule has 1 N–H and O–H groups in total. The van der Waals surface area contributed by atoms with Crippen molar-refractivity contribution in [1.29, 1.82) is 0 Å². The molecule has 104 valence electrons. The van der Waals surface area contributed by atoms with E-state index in [2.05, 4.69) is 35.6 Å². The van der Waals surface area contributed by atoms with E-state index in [0.717, 1.165) is 25.5 Å². The van der Waals surface area contributed by atoms with Crippen LogP contribution in [0.15, 0.2) is 30.3 Å². The molecule has 1 aromatic carbocycles. The van der Waals surface area contributed by atoms with Crippen LogP contribution in [-0.4, -0.2) is 18.8 Å². The van der Waals surface area contributed by atoms with Gasteiger partial charge in [-0.25, -0.2) is 0 Å². The van der Waals surface area contributed by atoms with Gasteiger partial charge in [-0.15, -0.1) is 0 Å². The highest BCUT2D eigenvalue weighted by Crippen LogP contribution is 2.33. The fourth-order valence-electron chi connectivity index (χ4n) is 3.53. The fraction of sp³-hybridized carbons (Fsp3) is 0.647. The Morgan fingerprint density at radius 2 is 1.84 bits per heavy atom. The van der Waals surface area contributed by atoms with Gasteiger partial charge in [0.2, 0.25) is 0 Å². The summed E-state index contributed by atoms with van der Waals surface area (Å²) < 4.78 is 6.00. The summed E-state index contributed by atoms with van der Waals surface area (Å²) >= 11 is 0. The molecule has 2 heteroatoms. The largest absolute Gasteiger partial charge is 0.378 e. The molecule has 2 atom stereocenters. The Hall–Kier alpha value is -0.860. The minimum absolute atomic E-state index is 0.518. The standard InChI is InChI=1S/C17H25NO/c1-2-6-14(7-3-1)13-18-16-10-11-19-17(12-16)15-8-4-5-9-15/h1-3,6-7,15-18H,4-5,8-13H2. The minimum Gasteiger partial charge on any atom is -0.378 e. The summed E-state index contributed by atoms with van der Waals surface area (Å²) in [7, 11) is 0. The smallest absolute Gasteiger partial charge is 0.0618 e. The van der Waals surface area contributed by atoms with Gasteiger partial charge in [0.25, 0.3) is 0 Å². The molecule has 0 aromatic heterocycles. The van der Waals surface area contributed by atoms with Crippen LogP contribution in [0.3, 0.4) is 0 Å². The Labute approximate surface area is 116 Å². The third-order valence-electron chi connectivity index (χ3n) is 4.68. The van der Waals surface area contributed by atoms with Gasteiger partial charge in [-0.05, 0) is 37.2 Å². The molecule has 2 aliphatic rings. The van der Waals surface area contributed by atoms with Crippen LogP contribution in [0.4, 0.5) is 0 Å². The van der Waals surface area contributed by atoms with E-state index in [1.54, 1.807) is 0 Å². The number of benzene rings is 1. The van der Waals surface area contributed by atoms with E-state index in [4.69, 9.17) is 4.74 Å². The highest BCUT2D eigenvalue weighted by Gasteiger charge is 2.30. The molecule has 2 nitrogen and oxygen atoms in total. The molecule has 0 radical (unpaired) electrons. The first-order valence-electron chi connectivity index (χ1n) is 7.81. The van der Waals surface area contributed by atoms with Crippen LogP contribution in [-0.2, 0) is 11.3 Å². The number of ether oxygens (including phenoxy) is 1. The maximum absolute atomic E-state index is 6.00. The van der Waals surface area contributed by atoms with Crippen molar-refractivity contribution in [3.05, 3.63) is 35.9 Å². The van der Waals surface area contributed by atoms with E-state index >= 15 is 0 Å². The highest BCUT2D eigenvalue weighted by atomic mass is 16.5. The van der Waals surface area contributed by atoms with E-state index in [1.165, 1.54) is 37.7 Å². The van der Waals surface area contributed by atoms with Crippen LogP contribution in [0.1, 0.15) is 44.1 Å². The normalized spacial score (nSPS) is 28.6. The van der Waals surface area contributed by atoms with Gasteiger partial charge in [0.15, 0.2) is 0 Å². The zero-order valence-corrected chi connectivity index (χ0v) is 11.7. The average molecular weight is 259 g/mol. The van der Waals surface area contributed by atoms with Crippen molar-refractivity contribution in [2.24, 2.45) is 5.92 Å². The second-order valence-corrected chi connectivity index (χ2v) is 6.04. The maximum atomic E-state index is 6.00. The predicted molar refractivity (Wildman–Crippen MR) is 78.0 cm³/mol. The lowest BCUT2D eigenvalue weighted by molar-refractivity contribution is -0.0315. The van der Waals surface area contributed by atoms with Gasteiger partial charge in [-0.3, -0.25) is 0 Å². The molecule has 2 unspecified atom stereocenters. The second kappa shape index (κ2) is 6.53. The monoisotopic (exact) mass is 259 g/mol. The van der Waals surface area contributed by atoms with Gasteiger partial charge in [0.1, 0.15) is 0 Å². The lowest BCUT2D eigenvalue weighted by atomic mass is 9.91. The van der Waals surface area contributed by atoms with E-state index in [-0.39, 0.29) is 0 Å². The SMILES string of the molecule is c1ccc(CNC2CCOC(C3CCCC3)C2)cc1. The summed E-state index contributed by atoms with van der Waals surface area (Å²) in [4.78, 5) is 0. The van der Waals surface area contributed by atoms with Crippen molar-refractivity contribution in [2.45, 2.75) is 57.2 Å². The van der Waals surface area contributed by atoms with Gasteiger partial charge in [0, 0.05) is 19.2 Å². The Bertz CT molecular complexity index is 372. The van der Waals surface area contributed by atoms with Crippen LogP contribution in [0, 0.1) is 5.92 Å². The first-order chi connectivity index (χ1) is 9.42. The summed E-state index contributed by atoms with van der Waals surface area (Å²) in [6.07, 6.45) is 8.48. The molecule has 1 aliphatic carbocycles. The van der Waals surface area contributed by atoms with Gasteiger partial charge < -0.3 is 10.1 Å². The summed E-state index contributed by atoms with van der Waals surface area (Å²) in [6, 6.07) is 11.3. The molecule has 0 amide bonds. The van der Waals surface area contributed by atoms with Crippen molar-refractivity contribution < 1.29 is 4.74 Å². The number of nitrogens with one attached hydrogen (secondary N) is 1. The quantitative estimate of drug-likeness (QED) is 0.893. The first-order valence-corrected chi connectivity index (χ1v) is 7.81. The molecular weight excluding hydrogens is 234 g/mol. The van der Waals surface area contributed by atoms with Gasteiger partial charge in [0.05, 0.1) is 6.10 Å². The maximum Gasteiger partial charge on any atom is 0.0618 e. The average Bonchev–Trinajstić information content (AvgIpc) is 3.01. The van der Waals surface area contributed by atoms with Crippen molar-refractivity contribution in [2.75, 3.05) is 6.61 Å². The van der Waals surface area contributed by atoms with Crippen LogP contribution >= 0.6 is 0 Å². The molecule has 0 bridgehead atoms. The molecular formula is C17H25NO. The van der Waals surface area contributed by atoms with E-state index in [0.29, 0.717) is 12.1 Å². The van der Waals surface area contributed by atoms with E-state index < -0.39 is 0 Å². The van der Waals surface area contributed by atoms with E-state index in [1.807, 2.05) is 0 Å². The van der Waals surface area contributed by atoms with Crippen molar-refractivity contribution in [1.82, 2.24) is 5.32 Å². The zero-order chi connectivity index (χ0) is 12.9. The zero-order valence-electron chi connectivity index (χ0n) is 11.7. The summed E-state index contributed by atoms with van der Waals surface area (Å²) in [6.45, 7) is 1.93. The first kappa shape index (κ1) is 13.1. The molecule has 2 fully saturated rings. The van der Waals surface area contributed by atoms with Crippen molar-refractivity contribution in [3.63, 3.8) is 0 Å². The number of hydrogen-bond acceptors (Lipinski definition) is 2. The molecule has 19 heavy (non-hydrogen) atoms. The Morgan fingerprint density at radius 1 is 1.05 bits per heavy atom. The molecule has 3 rings (SSSR count). The van der Waals surface area contributed by atoms with Crippen molar-refractivity contribution >= 4 is 0 Å². The van der Waals surface area contributed by atoms with Crippen LogP contribution in [0.5, 0.6) is 0 Å². The molecule has 1 heterocycles. The van der Waals surface area contributed by atoms with Gasteiger partial charge in [-0.1, -0.05) is 43.2 Å². The topological polar surface area (TPSA) is 21.3 Å². The Kier molecular flexibility index (Phi) is 4.52. The van der Waals surface area contributed by atoms with Crippen LogP contribution in [0.2, 0.25) is 0 Å². The summed E-state index contributed by atoms with van der Waals surface area (Å²) in [5.74, 6) is 0.835. The molecule has 1 saturated heterocycles. The predicted octanol–water partition coefficient (Wildman–Crippen LogP) is 3.51. The summed E-state index contributed by atoms with van der Waals surface area (Å²) in [5, 5.41) is 3.71. The van der Waals surface area contributed by atoms with Gasteiger partial charge >= 0.3 is 0 Å². The third kappa shape index (κ3) is 3.58. The molecule has 0 spiro atoms. The van der Waals surface area contributed by atoms with Gasteiger partial charge in [-0.2, -0.15) is 0 Å². The summed E-state index contributed by atoms with van der Waals surface area (Å²) in [5.41, 5.74) is 1.38. The highest BCUT2D eigenvalue weighted by molar-refractivity contribution is 5.14. The lowest BCUT2D eigenvalue weighted by Crippen LogP contribution is -2.41. The fourth-order valence-corrected chi connectivity index (χ4v) is 3.53. The molecule has 1 aromatic rings. The molecule has 1 saturated carbocycles. The molecule has 1 aliphatic heterocycles. The van der Waals surface area contributed by atoms with Crippen LogP contribution in [0.25, 0.3) is 0 Å². The lowest BCUT2D eigenvalue weighted by Gasteiger charge is -2.33. The Morgan fingerprint density at radius 3 is 2.63 bits per heavy atom. The minimum atomic E-state index is 0.518.